The first kappa shape index (κ1) is 14.2. The molecule has 1 aromatic rings. The summed E-state index contributed by atoms with van der Waals surface area (Å²) < 4.78 is 2.11. The van der Waals surface area contributed by atoms with E-state index in [-0.39, 0.29) is 0 Å². The van der Waals surface area contributed by atoms with Crippen molar-refractivity contribution in [2.75, 3.05) is 17.2 Å². The summed E-state index contributed by atoms with van der Waals surface area (Å²) >= 11 is 0. The monoisotopic (exact) mass is 264 g/mol. The Morgan fingerprint density at radius 2 is 2.05 bits per heavy atom. The molecule has 1 atom stereocenters. The zero-order chi connectivity index (χ0) is 14.0. The van der Waals surface area contributed by atoms with Gasteiger partial charge in [0, 0.05) is 18.6 Å². The Morgan fingerprint density at radius 1 is 1.32 bits per heavy atom. The van der Waals surface area contributed by atoms with Gasteiger partial charge in [-0.2, -0.15) is 5.10 Å². The summed E-state index contributed by atoms with van der Waals surface area (Å²) in [7, 11) is 0. The fourth-order valence-electron chi connectivity index (χ4n) is 3.08. The number of nitrogens with zero attached hydrogens (tertiary/aromatic N) is 3. The Bertz CT molecular complexity index is 422. The molecule has 1 aliphatic rings. The standard InChI is InChI=1S/C15H28N4/c1-5-13-9-7-6-8-10-18(13)15-14(16)12(4)17-19(15)11(2)3/h11,13H,5-10,16H2,1-4H3. The summed E-state index contributed by atoms with van der Waals surface area (Å²) in [5, 5.41) is 4.63. The third-order valence-corrected chi connectivity index (χ3v) is 4.22. The van der Waals surface area contributed by atoms with E-state index in [0.29, 0.717) is 12.1 Å². The first-order chi connectivity index (χ1) is 9.06. The molecular weight excluding hydrogens is 236 g/mol. The van der Waals surface area contributed by atoms with Gasteiger partial charge in [-0.3, -0.25) is 0 Å². The Morgan fingerprint density at radius 3 is 2.68 bits per heavy atom. The molecule has 0 aliphatic carbocycles. The quantitative estimate of drug-likeness (QED) is 0.908. The highest BCUT2D eigenvalue weighted by atomic mass is 15.4. The molecular formula is C15H28N4. The Kier molecular flexibility index (Phi) is 4.38. The van der Waals surface area contributed by atoms with E-state index >= 15 is 0 Å². The van der Waals surface area contributed by atoms with Crippen molar-refractivity contribution >= 4 is 11.5 Å². The van der Waals surface area contributed by atoms with Crippen LogP contribution < -0.4 is 10.6 Å². The molecule has 0 bridgehead atoms. The van der Waals surface area contributed by atoms with Gasteiger partial charge >= 0.3 is 0 Å². The molecule has 4 heteroatoms. The van der Waals surface area contributed by atoms with Crippen LogP contribution in [0.4, 0.5) is 11.5 Å². The van der Waals surface area contributed by atoms with Gasteiger partial charge in [0.2, 0.25) is 0 Å². The van der Waals surface area contributed by atoms with E-state index in [1.165, 1.54) is 32.1 Å². The van der Waals surface area contributed by atoms with Crippen LogP contribution in [0.15, 0.2) is 0 Å². The van der Waals surface area contributed by atoms with E-state index in [2.05, 4.69) is 35.5 Å². The van der Waals surface area contributed by atoms with Gasteiger partial charge in [-0.05, 0) is 40.0 Å². The Balaban J connectivity index is 2.42. The van der Waals surface area contributed by atoms with Crippen LogP contribution in [0.3, 0.4) is 0 Å². The zero-order valence-electron chi connectivity index (χ0n) is 12.8. The average Bonchev–Trinajstić information content (AvgIpc) is 2.57. The molecule has 0 aromatic carbocycles. The maximum atomic E-state index is 6.31. The van der Waals surface area contributed by atoms with Gasteiger partial charge in [0.15, 0.2) is 5.82 Å². The van der Waals surface area contributed by atoms with Crippen LogP contribution in [0.2, 0.25) is 0 Å². The van der Waals surface area contributed by atoms with Crippen LogP contribution in [0.25, 0.3) is 0 Å². The number of hydrogen-bond acceptors (Lipinski definition) is 3. The first-order valence-electron chi connectivity index (χ1n) is 7.67. The molecule has 1 unspecified atom stereocenters. The minimum atomic E-state index is 0.353. The minimum absolute atomic E-state index is 0.353. The van der Waals surface area contributed by atoms with Crippen LogP contribution in [0.1, 0.15) is 64.6 Å². The van der Waals surface area contributed by atoms with E-state index in [1.807, 2.05) is 6.92 Å². The smallest absolute Gasteiger partial charge is 0.151 e. The summed E-state index contributed by atoms with van der Waals surface area (Å²) in [4.78, 5) is 2.52. The second-order valence-corrected chi connectivity index (χ2v) is 5.97. The molecule has 1 saturated heterocycles. The Labute approximate surface area is 117 Å². The fourth-order valence-corrected chi connectivity index (χ4v) is 3.08. The third kappa shape index (κ3) is 2.72. The van der Waals surface area contributed by atoms with E-state index in [1.54, 1.807) is 0 Å². The lowest BCUT2D eigenvalue weighted by Crippen LogP contribution is -2.36. The van der Waals surface area contributed by atoms with Gasteiger partial charge in [0.05, 0.1) is 11.4 Å². The topological polar surface area (TPSA) is 47.1 Å². The van der Waals surface area contributed by atoms with E-state index < -0.39 is 0 Å². The van der Waals surface area contributed by atoms with Crippen LogP contribution in [0, 0.1) is 6.92 Å². The summed E-state index contributed by atoms with van der Waals surface area (Å²) in [6, 6.07) is 0.963. The average molecular weight is 264 g/mol. The molecule has 0 radical (unpaired) electrons. The van der Waals surface area contributed by atoms with Gasteiger partial charge in [-0.15, -0.1) is 0 Å². The lowest BCUT2D eigenvalue weighted by Gasteiger charge is -2.32. The summed E-state index contributed by atoms with van der Waals surface area (Å²) in [5.74, 6) is 1.15. The number of anilines is 2. The van der Waals surface area contributed by atoms with E-state index in [4.69, 9.17) is 5.73 Å². The van der Waals surface area contributed by atoms with Crippen molar-refractivity contribution in [2.45, 2.75) is 71.9 Å². The highest BCUT2D eigenvalue weighted by molar-refractivity contribution is 5.67. The maximum Gasteiger partial charge on any atom is 0.151 e. The molecule has 0 amide bonds. The molecule has 4 nitrogen and oxygen atoms in total. The molecule has 0 saturated carbocycles. The fraction of sp³-hybridized carbons (Fsp3) is 0.800. The second kappa shape index (κ2) is 5.85. The summed E-state index contributed by atoms with van der Waals surface area (Å²) in [5.41, 5.74) is 8.15. The number of aromatic nitrogens is 2. The molecule has 19 heavy (non-hydrogen) atoms. The van der Waals surface area contributed by atoms with Crippen LogP contribution >= 0.6 is 0 Å². The van der Waals surface area contributed by atoms with Crippen molar-refractivity contribution in [1.29, 1.82) is 0 Å². The van der Waals surface area contributed by atoms with Crippen molar-refractivity contribution in [3.05, 3.63) is 5.69 Å². The lowest BCUT2D eigenvalue weighted by atomic mass is 10.1. The number of hydrogen-bond donors (Lipinski definition) is 1. The molecule has 1 fully saturated rings. The predicted octanol–water partition coefficient (Wildman–Crippen LogP) is 3.51. The Hall–Kier alpha value is -1.19. The van der Waals surface area contributed by atoms with Crippen LogP contribution in [-0.4, -0.2) is 22.4 Å². The molecule has 2 heterocycles. The van der Waals surface area contributed by atoms with Gasteiger partial charge in [0.25, 0.3) is 0 Å². The molecule has 2 N–H and O–H groups in total. The number of aryl methyl sites for hydroxylation is 1. The van der Waals surface area contributed by atoms with E-state index in [9.17, 15) is 0 Å². The van der Waals surface area contributed by atoms with Gasteiger partial charge < -0.3 is 10.6 Å². The number of rotatable bonds is 3. The molecule has 1 aromatic heterocycles. The van der Waals surface area contributed by atoms with Gasteiger partial charge in [-0.1, -0.05) is 19.8 Å². The predicted molar refractivity (Wildman–Crippen MR) is 81.7 cm³/mol. The molecule has 1 aliphatic heterocycles. The zero-order valence-corrected chi connectivity index (χ0v) is 12.8. The molecule has 0 spiro atoms. The second-order valence-electron chi connectivity index (χ2n) is 5.97. The summed E-state index contributed by atoms with van der Waals surface area (Å²) in [6.45, 7) is 9.75. The van der Waals surface area contributed by atoms with Crippen molar-refractivity contribution in [3.8, 4) is 0 Å². The molecule has 108 valence electrons. The van der Waals surface area contributed by atoms with Gasteiger partial charge in [-0.25, -0.2) is 4.68 Å². The van der Waals surface area contributed by atoms with Crippen molar-refractivity contribution < 1.29 is 0 Å². The number of nitrogen functional groups attached to an aromatic ring is 1. The SMILES string of the molecule is CCC1CCCCCN1c1c(N)c(C)nn1C(C)C. The van der Waals surface area contributed by atoms with Crippen LogP contribution in [-0.2, 0) is 0 Å². The largest absolute Gasteiger partial charge is 0.394 e. The molecule has 2 rings (SSSR count). The highest BCUT2D eigenvalue weighted by Gasteiger charge is 2.26. The highest BCUT2D eigenvalue weighted by Crippen LogP contribution is 2.34. The van der Waals surface area contributed by atoms with Crippen molar-refractivity contribution in [1.82, 2.24) is 9.78 Å². The van der Waals surface area contributed by atoms with Crippen molar-refractivity contribution in [3.63, 3.8) is 0 Å². The minimum Gasteiger partial charge on any atom is -0.394 e. The first-order valence-corrected chi connectivity index (χ1v) is 7.67. The van der Waals surface area contributed by atoms with E-state index in [0.717, 1.165) is 23.7 Å². The lowest BCUT2D eigenvalue weighted by molar-refractivity contribution is 0.493. The normalized spacial score (nSPS) is 20.9. The number of nitrogens with two attached hydrogens (primary N) is 1. The van der Waals surface area contributed by atoms with Crippen molar-refractivity contribution in [2.24, 2.45) is 0 Å². The summed E-state index contributed by atoms with van der Waals surface area (Å²) in [6.07, 6.45) is 6.39. The third-order valence-electron chi connectivity index (χ3n) is 4.22. The maximum absolute atomic E-state index is 6.31. The van der Waals surface area contributed by atoms with Gasteiger partial charge in [0.1, 0.15) is 0 Å². The van der Waals surface area contributed by atoms with Crippen LogP contribution in [0.5, 0.6) is 0 Å².